The first-order valence-electron chi connectivity index (χ1n) is 9.44. The van der Waals surface area contributed by atoms with Crippen LogP contribution in [0.3, 0.4) is 0 Å². The number of benzene rings is 2. The lowest BCUT2D eigenvalue weighted by Crippen LogP contribution is -2.32. The van der Waals surface area contributed by atoms with Gasteiger partial charge in [-0.05, 0) is 29.8 Å². The highest BCUT2D eigenvalue weighted by Crippen LogP contribution is 2.19. The Morgan fingerprint density at radius 2 is 1.72 bits per heavy atom. The molecular formula is C21H23F2N3O2S. The quantitative estimate of drug-likeness (QED) is 0.725. The molecule has 0 bridgehead atoms. The van der Waals surface area contributed by atoms with E-state index in [0.717, 1.165) is 42.3 Å². The summed E-state index contributed by atoms with van der Waals surface area (Å²) in [6.07, 6.45) is 0.0675. The topological polar surface area (TPSA) is 61.4 Å². The first-order chi connectivity index (χ1) is 14.0. The van der Waals surface area contributed by atoms with Crippen molar-refractivity contribution in [2.45, 2.75) is 13.0 Å². The molecule has 1 fully saturated rings. The third-order valence-corrected chi connectivity index (χ3v) is 5.56. The number of halogens is 2. The second kappa shape index (κ2) is 10.2. The summed E-state index contributed by atoms with van der Waals surface area (Å²) in [6, 6.07) is 10.9. The summed E-state index contributed by atoms with van der Waals surface area (Å²) in [6.45, 7) is 2.56. The molecule has 5 nitrogen and oxygen atoms in total. The van der Waals surface area contributed by atoms with Crippen molar-refractivity contribution in [3.63, 3.8) is 0 Å². The Labute approximate surface area is 172 Å². The number of anilines is 1. The number of carbonyl (C=O) groups is 2. The van der Waals surface area contributed by atoms with Crippen molar-refractivity contribution in [1.82, 2.24) is 10.6 Å². The highest BCUT2D eigenvalue weighted by atomic mass is 32.2. The van der Waals surface area contributed by atoms with Gasteiger partial charge in [-0.3, -0.25) is 9.59 Å². The first-order valence-corrected chi connectivity index (χ1v) is 10.6. The predicted octanol–water partition coefficient (Wildman–Crippen LogP) is 2.95. The fraction of sp³-hybridized carbons (Fsp3) is 0.333. The Kier molecular flexibility index (Phi) is 7.46. The molecule has 3 rings (SSSR count). The Hall–Kier alpha value is -2.61. The van der Waals surface area contributed by atoms with Crippen molar-refractivity contribution >= 4 is 29.3 Å². The summed E-state index contributed by atoms with van der Waals surface area (Å²) >= 11 is 1.97. The van der Waals surface area contributed by atoms with Crippen LogP contribution in [0, 0.1) is 11.6 Å². The molecular weight excluding hydrogens is 396 g/mol. The number of carbonyl (C=O) groups excluding carboxylic acids is 2. The lowest BCUT2D eigenvalue weighted by molar-refractivity contribution is -0.121. The zero-order valence-electron chi connectivity index (χ0n) is 15.9. The van der Waals surface area contributed by atoms with Gasteiger partial charge in [0.15, 0.2) is 0 Å². The summed E-state index contributed by atoms with van der Waals surface area (Å²) in [5.41, 5.74) is 1.93. The van der Waals surface area contributed by atoms with Gasteiger partial charge in [0.05, 0.1) is 5.56 Å². The van der Waals surface area contributed by atoms with E-state index in [1.165, 1.54) is 5.69 Å². The minimum atomic E-state index is -0.932. The summed E-state index contributed by atoms with van der Waals surface area (Å²) in [4.78, 5) is 26.2. The van der Waals surface area contributed by atoms with E-state index in [2.05, 4.69) is 27.7 Å². The molecule has 8 heteroatoms. The monoisotopic (exact) mass is 419 g/mol. The molecule has 0 saturated carbocycles. The van der Waals surface area contributed by atoms with Crippen LogP contribution in [-0.2, 0) is 11.3 Å². The molecule has 2 aromatic carbocycles. The van der Waals surface area contributed by atoms with Crippen LogP contribution in [0.1, 0.15) is 22.3 Å². The van der Waals surface area contributed by atoms with Gasteiger partial charge >= 0.3 is 0 Å². The minimum Gasteiger partial charge on any atom is -0.370 e. The largest absolute Gasteiger partial charge is 0.370 e. The van der Waals surface area contributed by atoms with Crippen LogP contribution in [0.2, 0.25) is 0 Å². The second-order valence-electron chi connectivity index (χ2n) is 6.67. The standard InChI is InChI=1S/C21H23F2N3O2S/c22-16-3-6-18(19(23)13-16)21(28)24-8-7-20(27)25-14-15-1-4-17(5-2-15)26-9-11-29-12-10-26/h1-6,13H,7-12,14H2,(H,24,28)(H,25,27). The Morgan fingerprint density at radius 1 is 1.00 bits per heavy atom. The Bertz CT molecular complexity index is 856. The van der Waals surface area contributed by atoms with E-state index in [1.807, 2.05) is 23.9 Å². The highest BCUT2D eigenvalue weighted by Gasteiger charge is 2.13. The van der Waals surface area contributed by atoms with Crippen LogP contribution in [0.15, 0.2) is 42.5 Å². The van der Waals surface area contributed by atoms with E-state index in [4.69, 9.17) is 0 Å². The van der Waals surface area contributed by atoms with E-state index in [1.54, 1.807) is 0 Å². The van der Waals surface area contributed by atoms with Crippen molar-refractivity contribution < 1.29 is 18.4 Å². The highest BCUT2D eigenvalue weighted by molar-refractivity contribution is 7.99. The lowest BCUT2D eigenvalue weighted by Gasteiger charge is -2.28. The Morgan fingerprint density at radius 3 is 2.41 bits per heavy atom. The average molecular weight is 419 g/mol. The van der Waals surface area contributed by atoms with E-state index in [0.29, 0.717) is 12.6 Å². The summed E-state index contributed by atoms with van der Waals surface area (Å²) < 4.78 is 26.4. The van der Waals surface area contributed by atoms with Crippen LogP contribution in [0.5, 0.6) is 0 Å². The lowest BCUT2D eigenvalue weighted by atomic mass is 10.2. The number of amides is 2. The molecule has 0 unspecified atom stereocenters. The molecule has 29 heavy (non-hydrogen) atoms. The van der Waals surface area contributed by atoms with Crippen LogP contribution < -0.4 is 15.5 Å². The van der Waals surface area contributed by atoms with Crippen LogP contribution >= 0.6 is 11.8 Å². The van der Waals surface area contributed by atoms with Gasteiger partial charge in [0, 0.05) is 55.9 Å². The van der Waals surface area contributed by atoms with Crippen LogP contribution in [0.25, 0.3) is 0 Å². The van der Waals surface area contributed by atoms with E-state index in [9.17, 15) is 18.4 Å². The Balaban J connectivity index is 1.39. The third-order valence-electron chi connectivity index (χ3n) is 4.62. The molecule has 2 N–H and O–H groups in total. The number of nitrogens with zero attached hydrogens (tertiary/aromatic N) is 1. The molecule has 1 aliphatic rings. The molecule has 0 atom stereocenters. The van der Waals surface area contributed by atoms with E-state index in [-0.39, 0.29) is 24.4 Å². The van der Waals surface area contributed by atoms with Crippen molar-refractivity contribution in [2.75, 3.05) is 36.0 Å². The molecule has 1 heterocycles. The summed E-state index contributed by atoms with van der Waals surface area (Å²) in [5.74, 6) is -0.297. The SMILES string of the molecule is O=C(CCNC(=O)c1ccc(F)cc1F)NCc1ccc(N2CCSCC2)cc1. The minimum absolute atomic E-state index is 0.0629. The van der Waals surface area contributed by atoms with Crippen molar-refractivity contribution in [3.05, 3.63) is 65.2 Å². The first kappa shape index (κ1) is 21.1. The molecule has 0 aliphatic carbocycles. The second-order valence-corrected chi connectivity index (χ2v) is 7.90. The number of nitrogens with one attached hydrogen (secondary N) is 2. The zero-order valence-corrected chi connectivity index (χ0v) is 16.7. The third kappa shape index (κ3) is 6.19. The maximum absolute atomic E-state index is 13.6. The molecule has 1 aliphatic heterocycles. The van der Waals surface area contributed by atoms with E-state index < -0.39 is 17.5 Å². The number of rotatable bonds is 7. The zero-order chi connectivity index (χ0) is 20.6. The van der Waals surface area contributed by atoms with Crippen molar-refractivity contribution in [1.29, 1.82) is 0 Å². The molecule has 0 spiro atoms. The van der Waals surface area contributed by atoms with Gasteiger partial charge in [-0.2, -0.15) is 11.8 Å². The summed E-state index contributed by atoms with van der Waals surface area (Å²) in [7, 11) is 0. The van der Waals surface area contributed by atoms with Gasteiger partial charge in [0.25, 0.3) is 5.91 Å². The maximum Gasteiger partial charge on any atom is 0.254 e. The van der Waals surface area contributed by atoms with Gasteiger partial charge in [-0.25, -0.2) is 8.78 Å². The van der Waals surface area contributed by atoms with Gasteiger partial charge in [-0.1, -0.05) is 12.1 Å². The molecule has 1 saturated heterocycles. The van der Waals surface area contributed by atoms with Gasteiger partial charge < -0.3 is 15.5 Å². The molecule has 154 valence electrons. The fourth-order valence-corrected chi connectivity index (χ4v) is 3.90. The van der Waals surface area contributed by atoms with Gasteiger partial charge in [0.1, 0.15) is 11.6 Å². The van der Waals surface area contributed by atoms with Crippen LogP contribution in [-0.4, -0.2) is 43.0 Å². The number of hydrogen-bond donors (Lipinski definition) is 2. The van der Waals surface area contributed by atoms with E-state index >= 15 is 0 Å². The van der Waals surface area contributed by atoms with Crippen molar-refractivity contribution in [2.24, 2.45) is 0 Å². The molecule has 0 radical (unpaired) electrons. The smallest absolute Gasteiger partial charge is 0.254 e. The fourth-order valence-electron chi connectivity index (χ4n) is 2.99. The van der Waals surface area contributed by atoms with Gasteiger partial charge in [0.2, 0.25) is 5.91 Å². The number of hydrogen-bond acceptors (Lipinski definition) is 4. The maximum atomic E-state index is 13.6. The van der Waals surface area contributed by atoms with Crippen molar-refractivity contribution in [3.8, 4) is 0 Å². The molecule has 2 aromatic rings. The summed E-state index contributed by atoms with van der Waals surface area (Å²) in [5, 5.41) is 5.26. The molecule has 0 aromatic heterocycles. The number of thioether (sulfide) groups is 1. The van der Waals surface area contributed by atoms with Gasteiger partial charge in [-0.15, -0.1) is 0 Å². The average Bonchev–Trinajstić information content (AvgIpc) is 2.73. The predicted molar refractivity (Wildman–Crippen MR) is 111 cm³/mol. The normalized spacial score (nSPS) is 13.8. The molecule has 2 amide bonds. The van der Waals surface area contributed by atoms with Crippen LogP contribution in [0.4, 0.5) is 14.5 Å².